The fourth-order valence-electron chi connectivity index (χ4n) is 3.17. The second kappa shape index (κ2) is 9.16. The van der Waals surface area contributed by atoms with Crippen LogP contribution in [0, 0.1) is 0 Å². The van der Waals surface area contributed by atoms with Gasteiger partial charge in [-0.25, -0.2) is 4.79 Å². The number of anilines is 2. The molecule has 2 aromatic rings. The first-order valence-corrected chi connectivity index (χ1v) is 9.03. The van der Waals surface area contributed by atoms with Gasteiger partial charge in [-0.2, -0.15) is 0 Å². The van der Waals surface area contributed by atoms with Crippen molar-refractivity contribution in [3.63, 3.8) is 0 Å². The van der Waals surface area contributed by atoms with Gasteiger partial charge < -0.3 is 16.4 Å². The zero-order valence-electron chi connectivity index (χ0n) is 15.2. The van der Waals surface area contributed by atoms with E-state index in [9.17, 15) is 9.59 Å². The van der Waals surface area contributed by atoms with Gasteiger partial charge in [0, 0.05) is 44.1 Å². The van der Waals surface area contributed by atoms with E-state index in [1.807, 2.05) is 6.07 Å². The normalized spacial score (nSPS) is 15.3. The maximum atomic E-state index is 12.3. The molecule has 1 saturated heterocycles. The van der Waals surface area contributed by atoms with Gasteiger partial charge in [-0.05, 0) is 23.8 Å². The van der Waals surface area contributed by atoms with Crippen molar-refractivity contribution in [3.05, 3.63) is 60.2 Å². The summed E-state index contributed by atoms with van der Waals surface area (Å²) in [4.78, 5) is 27.8. The fraction of sp³-hybridized carbons (Fsp3) is 0.300. The number of benzene rings is 2. The number of amides is 3. The Hall–Kier alpha value is -2.90. The molecule has 1 aliphatic rings. The molecule has 0 spiro atoms. The Morgan fingerprint density at radius 1 is 0.852 bits per heavy atom. The maximum Gasteiger partial charge on any atom is 0.316 e. The van der Waals surface area contributed by atoms with E-state index < -0.39 is 6.03 Å². The molecule has 27 heavy (non-hydrogen) atoms. The van der Waals surface area contributed by atoms with Crippen molar-refractivity contribution >= 4 is 23.3 Å². The highest BCUT2D eigenvalue weighted by atomic mass is 16.2. The van der Waals surface area contributed by atoms with Crippen molar-refractivity contribution in [2.75, 3.05) is 43.4 Å². The van der Waals surface area contributed by atoms with Crippen molar-refractivity contribution in [3.8, 4) is 0 Å². The second-order valence-corrected chi connectivity index (χ2v) is 6.66. The predicted octanol–water partition coefficient (Wildman–Crippen LogP) is 1.93. The van der Waals surface area contributed by atoms with E-state index in [0.29, 0.717) is 17.9 Å². The Kier molecular flexibility index (Phi) is 6.40. The summed E-state index contributed by atoms with van der Waals surface area (Å²) in [5.74, 6) is -0.0669. The first kappa shape index (κ1) is 18.9. The van der Waals surface area contributed by atoms with Gasteiger partial charge in [-0.15, -0.1) is 0 Å². The van der Waals surface area contributed by atoms with Crippen LogP contribution < -0.4 is 16.4 Å². The van der Waals surface area contributed by atoms with Gasteiger partial charge in [-0.3, -0.25) is 14.6 Å². The number of carbonyl (C=O) groups excluding carboxylic acids is 2. The quantitative estimate of drug-likeness (QED) is 0.728. The minimum Gasteiger partial charge on any atom is -0.351 e. The number of hydrogen-bond donors (Lipinski definition) is 3. The lowest BCUT2D eigenvalue weighted by atomic mass is 10.2. The van der Waals surface area contributed by atoms with Crippen molar-refractivity contribution < 1.29 is 9.59 Å². The Morgan fingerprint density at radius 3 is 2.15 bits per heavy atom. The zero-order valence-corrected chi connectivity index (χ0v) is 15.2. The minimum atomic E-state index is -0.633. The highest BCUT2D eigenvalue weighted by Gasteiger charge is 2.19. The monoisotopic (exact) mass is 367 g/mol. The molecule has 7 nitrogen and oxygen atoms in total. The van der Waals surface area contributed by atoms with Crippen LogP contribution in [0.1, 0.15) is 5.56 Å². The van der Waals surface area contributed by atoms with E-state index in [2.05, 4.69) is 44.7 Å². The van der Waals surface area contributed by atoms with Crippen LogP contribution in [-0.2, 0) is 11.3 Å². The molecule has 0 unspecified atom stereocenters. The zero-order chi connectivity index (χ0) is 19.1. The van der Waals surface area contributed by atoms with Crippen LogP contribution >= 0.6 is 0 Å². The lowest BCUT2D eigenvalue weighted by molar-refractivity contribution is -0.117. The molecule has 0 radical (unpaired) electrons. The molecule has 0 aromatic heterocycles. The topological polar surface area (TPSA) is 90.7 Å². The number of piperazine rings is 1. The third kappa shape index (κ3) is 6.09. The van der Waals surface area contributed by atoms with Gasteiger partial charge in [0.15, 0.2) is 0 Å². The Bertz CT molecular complexity index is 773. The van der Waals surface area contributed by atoms with Crippen LogP contribution in [0.15, 0.2) is 54.6 Å². The van der Waals surface area contributed by atoms with Crippen LogP contribution in [0.3, 0.4) is 0 Å². The summed E-state index contributed by atoms with van der Waals surface area (Å²) in [6.07, 6.45) is 0. The average Bonchev–Trinajstić information content (AvgIpc) is 2.64. The SMILES string of the molecule is NC(=O)Nc1cccc(NC(=O)CN2CCN(Cc3ccccc3)CC2)c1. The number of primary amides is 1. The molecule has 0 atom stereocenters. The molecule has 1 fully saturated rings. The summed E-state index contributed by atoms with van der Waals surface area (Å²) in [6.45, 7) is 4.92. The van der Waals surface area contributed by atoms with Gasteiger partial charge in [0.1, 0.15) is 0 Å². The van der Waals surface area contributed by atoms with E-state index in [1.165, 1.54) is 5.56 Å². The Labute approximate surface area is 159 Å². The third-order valence-electron chi connectivity index (χ3n) is 4.49. The highest BCUT2D eigenvalue weighted by molar-refractivity contribution is 5.94. The number of nitrogens with zero attached hydrogens (tertiary/aromatic N) is 2. The van der Waals surface area contributed by atoms with Gasteiger partial charge in [0.25, 0.3) is 0 Å². The fourth-order valence-corrected chi connectivity index (χ4v) is 3.17. The van der Waals surface area contributed by atoms with Crippen molar-refractivity contribution in [2.24, 2.45) is 5.73 Å². The van der Waals surface area contributed by atoms with Crippen LogP contribution in [0.2, 0.25) is 0 Å². The van der Waals surface area contributed by atoms with E-state index in [0.717, 1.165) is 32.7 Å². The maximum absolute atomic E-state index is 12.3. The van der Waals surface area contributed by atoms with Gasteiger partial charge >= 0.3 is 6.03 Å². The summed E-state index contributed by atoms with van der Waals surface area (Å²) in [5, 5.41) is 5.36. The molecule has 7 heteroatoms. The molecular weight excluding hydrogens is 342 g/mol. The molecule has 0 saturated carbocycles. The molecule has 2 aromatic carbocycles. The highest BCUT2D eigenvalue weighted by Crippen LogP contribution is 2.15. The summed E-state index contributed by atoms with van der Waals surface area (Å²) in [7, 11) is 0. The average molecular weight is 367 g/mol. The largest absolute Gasteiger partial charge is 0.351 e. The lowest BCUT2D eigenvalue weighted by Gasteiger charge is -2.34. The summed E-state index contributed by atoms with van der Waals surface area (Å²) in [5.41, 5.74) is 7.61. The van der Waals surface area contributed by atoms with E-state index in [-0.39, 0.29) is 5.91 Å². The number of nitrogens with two attached hydrogens (primary N) is 1. The number of nitrogens with one attached hydrogen (secondary N) is 2. The summed E-state index contributed by atoms with van der Waals surface area (Å²) in [6, 6.07) is 16.7. The first-order valence-electron chi connectivity index (χ1n) is 9.03. The van der Waals surface area contributed by atoms with Gasteiger partial charge in [0.2, 0.25) is 5.91 Å². The standard InChI is InChI=1S/C20H25N5O2/c21-20(27)23-18-8-4-7-17(13-18)22-19(26)15-25-11-9-24(10-12-25)14-16-5-2-1-3-6-16/h1-8,13H,9-12,14-15H2,(H,22,26)(H3,21,23,27). The first-order chi connectivity index (χ1) is 13.1. The molecule has 4 N–H and O–H groups in total. The minimum absolute atomic E-state index is 0.0669. The molecule has 1 heterocycles. The van der Waals surface area contributed by atoms with Crippen molar-refractivity contribution in [1.29, 1.82) is 0 Å². The number of urea groups is 1. The van der Waals surface area contributed by atoms with E-state index in [4.69, 9.17) is 5.73 Å². The number of hydrogen-bond acceptors (Lipinski definition) is 4. The third-order valence-corrected chi connectivity index (χ3v) is 4.49. The van der Waals surface area contributed by atoms with Crippen LogP contribution in [0.25, 0.3) is 0 Å². The lowest BCUT2D eigenvalue weighted by Crippen LogP contribution is -2.48. The molecule has 3 amide bonds. The molecule has 0 aliphatic carbocycles. The molecule has 0 bridgehead atoms. The summed E-state index contributed by atoms with van der Waals surface area (Å²) < 4.78 is 0. The number of carbonyl (C=O) groups is 2. The molecular formula is C20H25N5O2. The van der Waals surface area contributed by atoms with Crippen molar-refractivity contribution in [1.82, 2.24) is 9.80 Å². The molecule has 3 rings (SSSR count). The van der Waals surface area contributed by atoms with E-state index in [1.54, 1.807) is 24.3 Å². The molecule has 142 valence electrons. The van der Waals surface area contributed by atoms with Gasteiger partial charge in [-0.1, -0.05) is 36.4 Å². The Balaban J connectivity index is 1.43. The Morgan fingerprint density at radius 2 is 1.48 bits per heavy atom. The summed E-state index contributed by atoms with van der Waals surface area (Å²) >= 11 is 0. The predicted molar refractivity (Wildman–Crippen MR) is 106 cm³/mol. The van der Waals surface area contributed by atoms with Crippen LogP contribution in [0.5, 0.6) is 0 Å². The van der Waals surface area contributed by atoms with Crippen molar-refractivity contribution in [2.45, 2.75) is 6.54 Å². The van der Waals surface area contributed by atoms with Crippen LogP contribution in [-0.4, -0.2) is 54.5 Å². The smallest absolute Gasteiger partial charge is 0.316 e. The van der Waals surface area contributed by atoms with Gasteiger partial charge in [0.05, 0.1) is 6.54 Å². The molecule has 1 aliphatic heterocycles. The number of rotatable bonds is 6. The van der Waals surface area contributed by atoms with Crippen LogP contribution in [0.4, 0.5) is 16.2 Å². The van der Waals surface area contributed by atoms with E-state index >= 15 is 0 Å². The second-order valence-electron chi connectivity index (χ2n) is 6.66.